The van der Waals surface area contributed by atoms with Gasteiger partial charge < -0.3 is 14.4 Å². The average molecular weight is 437 g/mol. The minimum atomic E-state index is -0.621. The van der Waals surface area contributed by atoms with Crippen LogP contribution in [0.2, 0.25) is 0 Å². The van der Waals surface area contributed by atoms with Gasteiger partial charge in [0.15, 0.2) is 0 Å². The number of carbonyl (C=O) groups is 2. The van der Waals surface area contributed by atoms with Crippen LogP contribution in [0.1, 0.15) is 41.5 Å². The lowest BCUT2D eigenvalue weighted by Crippen LogP contribution is -2.49. The van der Waals surface area contributed by atoms with Gasteiger partial charge in [0.25, 0.3) is 5.91 Å². The van der Waals surface area contributed by atoms with Crippen LogP contribution < -0.4 is 0 Å². The largest absolute Gasteiger partial charge is 0.348 e. The van der Waals surface area contributed by atoms with E-state index in [1.165, 1.54) is 35.2 Å². The van der Waals surface area contributed by atoms with Crippen LogP contribution >= 0.6 is 0 Å². The second-order valence-electron chi connectivity index (χ2n) is 8.18. The first-order chi connectivity index (χ1) is 15.4. The Labute approximate surface area is 185 Å². The molecule has 0 saturated heterocycles. The van der Waals surface area contributed by atoms with Gasteiger partial charge in [0.1, 0.15) is 18.2 Å². The summed E-state index contributed by atoms with van der Waals surface area (Å²) in [6, 6.07) is 15.0. The second kappa shape index (κ2) is 8.94. The van der Waals surface area contributed by atoms with Crippen molar-refractivity contribution in [2.45, 2.75) is 32.5 Å². The number of carbonyl (C=O) groups excluding carboxylic acids is 2. The number of halogens is 2. The molecule has 0 N–H and O–H groups in total. The monoisotopic (exact) mass is 437 g/mol. The maximum Gasteiger partial charge on any atom is 0.257 e. The van der Waals surface area contributed by atoms with Gasteiger partial charge >= 0.3 is 0 Å². The van der Waals surface area contributed by atoms with Crippen LogP contribution in [-0.2, 0) is 11.3 Å². The Morgan fingerprint density at radius 1 is 1.03 bits per heavy atom. The van der Waals surface area contributed by atoms with Crippen LogP contribution in [0.25, 0.3) is 0 Å². The van der Waals surface area contributed by atoms with E-state index in [1.54, 1.807) is 36.9 Å². The van der Waals surface area contributed by atoms with Crippen LogP contribution in [0.3, 0.4) is 0 Å². The third-order valence-electron chi connectivity index (χ3n) is 5.82. The fourth-order valence-corrected chi connectivity index (χ4v) is 4.19. The predicted molar refractivity (Wildman–Crippen MR) is 117 cm³/mol. The van der Waals surface area contributed by atoms with Gasteiger partial charge in [-0.2, -0.15) is 0 Å². The highest BCUT2D eigenvalue weighted by Crippen LogP contribution is 2.33. The molecule has 4 rings (SSSR count). The van der Waals surface area contributed by atoms with Crippen LogP contribution in [-0.4, -0.2) is 45.3 Å². The van der Waals surface area contributed by atoms with E-state index in [0.717, 1.165) is 5.69 Å². The molecule has 2 heterocycles. The van der Waals surface area contributed by atoms with E-state index < -0.39 is 17.8 Å². The van der Waals surface area contributed by atoms with Gasteiger partial charge in [-0.25, -0.2) is 8.78 Å². The molecular formula is C25H25F2N3O2. The average Bonchev–Trinajstić information content (AvgIpc) is 3.25. The fraction of sp³-hybridized carbons (Fsp3) is 0.280. The number of amides is 2. The molecule has 1 aliphatic heterocycles. The van der Waals surface area contributed by atoms with Gasteiger partial charge in [-0.1, -0.05) is 24.3 Å². The Hall–Kier alpha value is -3.48. The van der Waals surface area contributed by atoms with Crippen molar-refractivity contribution in [3.05, 3.63) is 95.3 Å². The number of nitrogens with zero attached hydrogens (tertiary/aromatic N) is 3. The number of rotatable bonds is 5. The lowest BCUT2D eigenvalue weighted by molar-refractivity contribution is -0.135. The molecule has 0 spiro atoms. The highest BCUT2D eigenvalue weighted by Gasteiger charge is 2.34. The molecule has 1 aliphatic rings. The number of hydrogen-bond donors (Lipinski definition) is 0. The molecule has 2 amide bonds. The van der Waals surface area contributed by atoms with Crippen molar-refractivity contribution in [2.75, 3.05) is 13.1 Å². The van der Waals surface area contributed by atoms with E-state index in [2.05, 4.69) is 0 Å². The molecule has 32 heavy (non-hydrogen) atoms. The van der Waals surface area contributed by atoms with E-state index in [4.69, 9.17) is 0 Å². The Morgan fingerprint density at radius 3 is 2.53 bits per heavy atom. The maximum atomic E-state index is 14.2. The van der Waals surface area contributed by atoms with E-state index in [9.17, 15) is 18.4 Å². The molecule has 1 unspecified atom stereocenters. The summed E-state index contributed by atoms with van der Waals surface area (Å²) in [6.45, 7) is 4.40. The molecule has 0 fully saturated rings. The van der Waals surface area contributed by atoms with E-state index in [-0.39, 0.29) is 29.9 Å². The number of aromatic nitrogens is 1. The molecule has 166 valence electrons. The molecule has 0 aliphatic carbocycles. The molecule has 3 aromatic rings. The van der Waals surface area contributed by atoms with Crippen LogP contribution in [0.5, 0.6) is 0 Å². The summed E-state index contributed by atoms with van der Waals surface area (Å²) in [6.07, 6.45) is 1.94. The van der Waals surface area contributed by atoms with Gasteiger partial charge in [-0.05, 0) is 55.8 Å². The molecule has 0 bridgehead atoms. The lowest BCUT2D eigenvalue weighted by Gasteiger charge is -2.39. The fourth-order valence-electron chi connectivity index (χ4n) is 4.19. The first-order valence-electron chi connectivity index (χ1n) is 10.6. The standard InChI is InChI=1S/C25H25F2N3O2/c1-17(2)30(25(32)20-9-3-4-10-21(20)27)16-23(31)29-14-13-28-12-6-11-22(28)24(29)18-7-5-8-19(26)15-18/h3-12,15,17,24H,13-14,16H2,1-2H3. The molecule has 0 saturated carbocycles. The van der Waals surface area contributed by atoms with Crippen molar-refractivity contribution in [2.24, 2.45) is 0 Å². The van der Waals surface area contributed by atoms with Gasteiger partial charge in [-0.3, -0.25) is 9.59 Å². The van der Waals surface area contributed by atoms with Crippen molar-refractivity contribution < 1.29 is 18.4 Å². The van der Waals surface area contributed by atoms with Crippen LogP contribution in [0.15, 0.2) is 66.9 Å². The highest BCUT2D eigenvalue weighted by molar-refractivity contribution is 5.97. The quantitative estimate of drug-likeness (QED) is 0.599. The number of benzene rings is 2. The zero-order valence-corrected chi connectivity index (χ0v) is 18.0. The summed E-state index contributed by atoms with van der Waals surface area (Å²) >= 11 is 0. The van der Waals surface area contributed by atoms with Crippen molar-refractivity contribution in [3.8, 4) is 0 Å². The van der Waals surface area contributed by atoms with Crippen molar-refractivity contribution in [3.63, 3.8) is 0 Å². The summed E-state index contributed by atoms with van der Waals surface area (Å²) in [7, 11) is 0. The third-order valence-corrected chi connectivity index (χ3v) is 5.82. The minimum absolute atomic E-state index is 0.0665. The minimum Gasteiger partial charge on any atom is -0.348 e. The lowest BCUT2D eigenvalue weighted by atomic mass is 9.99. The van der Waals surface area contributed by atoms with E-state index in [0.29, 0.717) is 18.7 Å². The summed E-state index contributed by atoms with van der Waals surface area (Å²) in [4.78, 5) is 29.6. The van der Waals surface area contributed by atoms with Crippen LogP contribution in [0, 0.1) is 11.6 Å². The molecule has 1 aromatic heterocycles. The molecule has 7 heteroatoms. The van der Waals surface area contributed by atoms with E-state index >= 15 is 0 Å². The van der Waals surface area contributed by atoms with E-state index in [1.807, 2.05) is 22.9 Å². The topological polar surface area (TPSA) is 45.6 Å². The van der Waals surface area contributed by atoms with Gasteiger partial charge in [-0.15, -0.1) is 0 Å². The zero-order valence-electron chi connectivity index (χ0n) is 18.0. The van der Waals surface area contributed by atoms with Crippen molar-refractivity contribution >= 4 is 11.8 Å². The second-order valence-corrected chi connectivity index (χ2v) is 8.18. The normalized spacial score (nSPS) is 15.5. The van der Waals surface area contributed by atoms with Crippen molar-refractivity contribution in [1.29, 1.82) is 0 Å². The molecule has 1 atom stereocenters. The first-order valence-corrected chi connectivity index (χ1v) is 10.6. The first kappa shape index (κ1) is 21.7. The predicted octanol–water partition coefficient (Wildman–Crippen LogP) is 4.25. The smallest absolute Gasteiger partial charge is 0.257 e. The Kier molecular flexibility index (Phi) is 6.08. The summed E-state index contributed by atoms with van der Waals surface area (Å²) in [5, 5.41) is 0. The summed E-state index contributed by atoms with van der Waals surface area (Å²) in [5.74, 6) is -1.81. The SMILES string of the molecule is CC(C)N(CC(=O)N1CCn2cccc2C1c1cccc(F)c1)C(=O)c1ccccc1F. The number of fused-ring (bicyclic) bond motifs is 1. The van der Waals surface area contributed by atoms with Crippen LogP contribution in [0.4, 0.5) is 8.78 Å². The zero-order chi connectivity index (χ0) is 22.8. The van der Waals surface area contributed by atoms with Crippen molar-refractivity contribution in [1.82, 2.24) is 14.4 Å². The van der Waals surface area contributed by atoms with Gasteiger partial charge in [0.05, 0.1) is 11.6 Å². The molecule has 5 nitrogen and oxygen atoms in total. The van der Waals surface area contributed by atoms with Gasteiger partial charge in [0, 0.05) is 31.0 Å². The highest BCUT2D eigenvalue weighted by atomic mass is 19.1. The Balaban J connectivity index is 1.64. The third kappa shape index (κ3) is 4.15. The summed E-state index contributed by atoms with van der Waals surface area (Å²) < 4.78 is 30.3. The maximum absolute atomic E-state index is 14.2. The Morgan fingerprint density at radius 2 is 1.81 bits per heavy atom. The van der Waals surface area contributed by atoms with Gasteiger partial charge in [0.2, 0.25) is 5.91 Å². The molecular weight excluding hydrogens is 412 g/mol. The molecule has 0 radical (unpaired) electrons. The summed E-state index contributed by atoms with van der Waals surface area (Å²) in [5.41, 5.74) is 1.48. The number of hydrogen-bond acceptors (Lipinski definition) is 2. The Bertz CT molecular complexity index is 1140. The molecule has 2 aromatic carbocycles.